The topological polar surface area (TPSA) is 47.3 Å². The van der Waals surface area contributed by atoms with Crippen molar-refractivity contribution in [3.63, 3.8) is 0 Å². The standard InChI is InChI=1S/C14H17BrN2OS/c1-9-3-4-10(7-13(9)18-2)12(17-16)8-14-11(15)5-6-19-14/h3-7,12,17H,8,16H2,1-2H3. The minimum atomic E-state index is 0.0736. The van der Waals surface area contributed by atoms with E-state index in [1.54, 1.807) is 18.4 Å². The lowest BCUT2D eigenvalue weighted by molar-refractivity contribution is 0.410. The molecule has 1 aromatic heterocycles. The zero-order valence-corrected chi connectivity index (χ0v) is 13.3. The van der Waals surface area contributed by atoms with Gasteiger partial charge in [0, 0.05) is 15.8 Å². The van der Waals surface area contributed by atoms with E-state index in [2.05, 4.69) is 44.9 Å². The summed E-state index contributed by atoms with van der Waals surface area (Å²) in [5, 5.41) is 2.07. The number of hydrogen-bond donors (Lipinski definition) is 2. The van der Waals surface area contributed by atoms with E-state index in [1.165, 1.54) is 4.88 Å². The minimum absolute atomic E-state index is 0.0736. The first-order valence-corrected chi connectivity index (χ1v) is 7.65. The molecule has 0 radical (unpaired) electrons. The molecule has 0 spiro atoms. The molecular weight excluding hydrogens is 324 g/mol. The molecule has 1 unspecified atom stereocenters. The molecule has 0 aliphatic heterocycles. The van der Waals surface area contributed by atoms with E-state index >= 15 is 0 Å². The summed E-state index contributed by atoms with van der Waals surface area (Å²) < 4.78 is 6.50. The number of rotatable bonds is 5. The second kappa shape index (κ2) is 6.52. The Kier molecular flexibility index (Phi) is 4.99. The molecule has 0 fully saturated rings. The van der Waals surface area contributed by atoms with Crippen LogP contribution in [0.5, 0.6) is 5.75 Å². The van der Waals surface area contributed by atoms with Crippen molar-refractivity contribution in [2.45, 2.75) is 19.4 Å². The maximum Gasteiger partial charge on any atom is 0.122 e. The molecule has 0 amide bonds. The number of hydrazine groups is 1. The van der Waals surface area contributed by atoms with Gasteiger partial charge in [0.1, 0.15) is 5.75 Å². The lowest BCUT2D eigenvalue weighted by Gasteiger charge is -2.17. The molecule has 3 N–H and O–H groups in total. The molecule has 3 nitrogen and oxygen atoms in total. The monoisotopic (exact) mass is 340 g/mol. The Morgan fingerprint density at radius 1 is 1.42 bits per heavy atom. The quantitative estimate of drug-likeness (QED) is 0.646. The third-order valence-corrected chi connectivity index (χ3v) is 5.06. The van der Waals surface area contributed by atoms with Crippen LogP contribution in [-0.4, -0.2) is 7.11 Å². The van der Waals surface area contributed by atoms with Crippen molar-refractivity contribution in [3.8, 4) is 5.75 Å². The van der Waals surface area contributed by atoms with E-state index in [9.17, 15) is 0 Å². The van der Waals surface area contributed by atoms with Gasteiger partial charge in [-0.1, -0.05) is 12.1 Å². The molecule has 19 heavy (non-hydrogen) atoms. The van der Waals surface area contributed by atoms with Crippen molar-refractivity contribution in [1.29, 1.82) is 0 Å². The smallest absolute Gasteiger partial charge is 0.122 e. The number of nitrogens with two attached hydrogens (primary N) is 1. The van der Waals surface area contributed by atoms with Gasteiger partial charge in [-0.15, -0.1) is 11.3 Å². The third-order valence-electron chi connectivity index (χ3n) is 3.12. The first-order valence-electron chi connectivity index (χ1n) is 5.98. The van der Waals surface area contributed by atoms with Crippen LogP contribution < -0.4 is 16.0 Å². The van der Waals surface area contributed by atoms with Gasteiger partial charge in [-0.05, 0) is 51.5 Å². The van der Waals surface area contributed by atoms with Crippen LogP contribution in [0.4, 0.5) is 0 Å². The molecule has 0 bridgehead atoms. The molecule has 0 aliphatic rings. The van der Waals surface area contributed by atoms with Crippen molar-refractivity contribution < 1.29 is 4.74 Å². The summed E-state index contributed by atoms with van der Waals surface area (Å²) in [5.41, 5.74) is 5.14. The number of ether oxygens (including phenoxy) is 1. The summed E-state index contributed by atoms with van der Waals surface area (Å²) in [5.74, 6) is 6.59. The molecule has 0 aliphatic carbocycles. The SMILES string of the molecule is COc1cc(C(Cc2sccc2Br)NN)ccc1C. The Bertz CT molecular complexity index is 556. The van der Waals surface area contributed by atoms with E-state index < -0.39 is 0 Å². The molecule has 1 atom stereocenters. The van der Waals surface area contributed by atoms with Crippen LogP contribution in [-0.2, 0) is 6.42 Å². The van der Waals surface area contributed by atoms with Crippen LogP contribution in [0.15, 0.2) is 34.1 Å². The van der Waals surface area contributed by atoms with Crippen LogP contribution in [0.3, 0.4) is 0 Å². The Morgan fingerprint density at radius 2 is 2.21 bits per heavy atom. The van der Waals surface area contributed by atoms with Gasteiger partial charge in [0.15, 0.2) is 0 Å². The molecule has 2 aromatic rings. The molecule has 102 valence electrons. The highest BCUT2D eigenvalue weighted by Crippen LogP contribution is 2.30. The minimum Gasteiger partial charge on any atom is -0.496 e. The average molecular weight is 341 g/mol. The number of halogens is 1. The first-order chi connectivity index (χ1) is 9.15. The highest BCUT2D eigenvalue weighted by Gasteiger charge is 2.14. The largest absolute Gasteiger partial charge is 0.496 e. The lowest BCUT2D eigenvalue weighted by Crippen LogP contribution is -2.29. The normalized spacial score (nSPS) is 12.4. The Balaban J connectivity index is 2.24. The Morgan fingerprint density at radius 3 is 2.79 bits per heavy atom. The second-order valence-corrected chi connectivity index (χ2v) is 6.20. The van der Waals surface area contributed by atoms with E-state index in [-0.39, 0.29) is 6.04 Å². The number of hydrogen-bond acceptors (Lipinski definition) is 4. The van der Waals surface area contributed by atoms with Crippen molar-refractivity contribution in [2.24, 2.45) is 5.84 Å². The molecule has 0 saturated heterocycles. The van der Waals surface area contributed by atoms with Gasteiger partial charge in [-0.2, -0.15) is 0 Å². The Labute approximate surface area is 125 Å². The Hall–Kier alpha value is -0.880. The van der Waals surface area contributed by atoms with Crippen molar-refractivity contribution >= 4 is 27.3 Å². The van der Waals surface area contributed by atoms with Crippen LogP contribution >= 0.6 is 27.3 Å². The number of aryl methyl sites for hydroxylation is 1. The van der Waals surface area contributed by atoms with E-state index in [0.717, 1.165) is 27.8 Å². The highest BCUT2D eigenvalue weighted by molar-refractivity contribution is 9.10. The van der Waals surface area contributed by atoms with Gasteiger partial charge < -0.3 is 4.74 Å². The molecule has 1 aromatic carbocycles. The molecule has 2 rings (SSSR count). The maximum absolute atomic E-state index is 5.70. The van der Waals surface area contributed by atoms with Crippen LogP contribution in [0.25, 0.3) is 0 Å². The summed E-state index contributed by atoms with van der Waals surface area (Å²) in [6, 6.07) is 8.32. The third kappa shape index (κ3) is 3.36. The summed E-state index contributed by atoms with van der Waals surface area (Å²) >= 11 is 5.28. The van der Waals surface area contributed by atoms with Crippen LogP contribution in [0, 0.1) is 6.92 Å². The maximum atomic E-state index is 5.70. The second-order valence-electron chi connectivity index (χ2n) is 4.34. The molecule has 5 heteroatoms. The van der Waals surface area contributed by atoms with Gasteiger partial charge in [0.05, 0.1) is 13.2 Å². The highest BCUT2D eigenvalue weighted by atomic mass is 79.9. The van der Waals surface area contributed by atoms with Crippen molar-refractivity contribution in [1.82, 2.24) is 5.43 Å². The number of benzene rings is 1. The molecular formula is C14H17BrN2OS. The fourth-order valence-corrected chi connectivity index (χ4v) is 3.54. The number of nitrogens with one attached hydrogen (secondary N) is 1. The number of thiophene rings is 1. The average Bonchev–Trinajstić information content (AvgIpc) is 2.82. The zero-order chi connectivity index (χ0) is 13.8. The number of methoxy groups -OCH3 is 1. The van der Waals surface area contributed by atoms with Crippen molar-refractivity contribution in [2.75, 3.05) is 7.11 Å². The lowest BCUT2D eigenvalue weighted by atomic mass is 10.0. The van der Waals surface area contributed by atoms with E-state index in [1.807, 2.05) is 13.0 Å². The molecule has 0 saturated carbocycles. The predicted molar refractivity (Wildman–Crippen MR) is 83.5 cm³/mol. The fourth-order valence-electron chi connectivity index (χ4n) is 1.98. The first kappa shape index (κ1) is 14.5. The van der Waals surface area contributed by atoms with Gasteiger partial charge in [-0.3, -0.25) is 11.3 Å². The molecule has 1 heterocycles. The fraction of sp³-hybridized carbons (Fsp3) is 0.286. The summed E-state index contributed by atoms with van der Waals surface area (Å²) in [7, 11) is 1.69. The van der Waals surface area contributed by atoms with E-state index in [0.29, 0.717) is 0 Å². The summed E-state index contributed by atoms with van der Waals surface area (Å²) in [4.78, 5) is 1.28. The predicted octanol–water partition coefficient (Wildman–Crippen LogP) is 3.57. The van der Waals surface area contributed by atoms with Crippen LogP contribution in [0.1, 0.15) is 22.0 Å². The summed E-state index contributed by atoms with van der Waals surface area (Å²) in [6.45, 7) is 2.03. The van der Waals surface area contributed by atoms with Gasteiger partial charge >= 0.3 is 0 Å². The zero-order valence-electron chi connectivity index (χ0n) is 10.9. The summed E-state index contributed by atoms with van der Waals surface area (Å²) in [6.07, 6.45) is 0.848. The van der Waals surface area contributed by atoms with Gasteiger partial charge in [0.2, 0.25) is 0 Å². The van der Waals surface area contributed by atoms with Gasteiger partial charge in [0.25, 0.3) is 0 Å². The van der Waals surface area contributed by atoms with Crippen LogP contribution in [0.2, 0.25) is 0 Å². The van der Waals surface area contributed by atoms with Crippen molar-refractivity contribution in [3.05, 3.63) is 50.1 Å². The van der Waals surface area contributed by atoms with Gasteiger partial charge in [-0.25, -0.2) is 0 Å². The van der Waals surface area contributed by atoms with E-state index in [4.69, 9.17) is 10.6 Å².